The zero-order valence-electron chi connectivity index (χ0n) is 20.7. The molecule has 36 heavy (non-hydrogen) atoms. The molecule has 3 amide bonds. The first kappa shape index (κ1) is 25.2. The molecule has 7 heteroatoms. The zero-order valence-corrected chi connectivity index (χ0v) is 21.5. The van der Waals surface area contributed by atoms with Crippen molar-refractivity contribution >= 4 is 46.4 Å². The van der Waals surface area contributed by atoms with Crippen molar-refractivity contribution in [2.24, 2.45) is 0 Å². The maximum Gasteiger partial charge on any atom is 0.283 e. The van der Waals surface area contributed by atoms with Crippen LogP contribution in [-0.4, -0.2) is 24.3 Å². The van der Waals surface area contributed by atoms with Crippen molar-refractivity contribution in [3.05, 3.63) is 100 Å². The van der Waals surface area contributed by atoms with Crippen LogP contribution in [0, 0.1) is 6.92 Å². The minimum Gasteiger partial charge on any atom is -0.350 e. The Morgan fingerprint density at radius 2 is 1.64 bits per heavy atom. The van der Waals surface area contributed by atoms with Gasteiger partial charge in [-0.1, -0.05) is 49.7 Å². The number of nitrogens with one attached hydrogen (secondary N) is 1. The quantitative estimate of drug-likeness (QED) is 0.390. The first-order valence-electron chi connectivity index (χ1n) is 11.9. The van der Waals surface area contributed by atoms with Crippen molar-refractivity contribution in [1.29, 1.82) is 0 Å². The molecule has 1 heterocycles. The number of benzene rings is 3. The van der Waals surface area contributed by atoms with Gasteiger partial charge in [0.1, 0.15) is 10.7 Å². The molecule has 0 bridgehead atoms. The minimum absolute atomic E-state index is 0.00336. The van der Waals surface area contributed by atoms with Crippen LogP contribution in [0.3, 0.4) is 0 Å². The summed E-state index contributed by atoms with van der Waals surface area (Å²) in [6, 6.07) is 21.8. The van der Waals surface area contributed by atoms with Crippen molar-refractivity contribution < 1.29 is 14.4 Å². The average molecular weight is 502 g/mol. The van der Waals surface area contributed by atoms with Crippen LogP contribution >= 0.6 is 11.6 Å². The second kappa shape index (κ2) is 10.4. The summed E-state index contributed by atoms with van der Waals surface area (Å²) in [5, 5.41) is 2.78. The molecule has 0 aliphatic carbocycles. The number of rotatable bonds is 7. The Kier molecular flexibility index (Phi) is 7.27. The minimum atomic E-state index is -0.579. The van der Waals surface area contributed by atoms with Crippen molar-refractivity contribution in [1.82, 2.24) is 0 Å². The molecule has 0 atom stereocenters. The summed E-state index contributed by atoms with van der Waals surface area (Å²) in [4.78, 5) is 41.7. The largest absolute Gasteiger partial charge is 0.350 e. The van der Waals surface area contributed by atoms with Crippen LogP contribution in [0.5, 0.6) is 0 Å². The van der Waals surface area contributed by atoms with E-state index in [4.69, 9.17) is 11.6 Å². The molecule has 3 aromatic rings. The zero-order chi connectivity index (χ0) is 26.0. The van der Waals surface area contributed by atoms with E-state index < -0.39 is 11.8 Å². The fourth-order valence-electron chi connectivity index (χ4n) is 4.09. The lowest BCUT2D eigenvalue weighted by molar-refractivity contribution is -0.120. The molecule has 0 saturated carbocycles. The van der Waals surface area contributed by atoms with Gasteiger partial charge < -0.3 is 10.2 Å². The maximum absolute atomic E-state index is 13.1. The van der Waals surface area contributed by atoms with Gasteiger partial charge in [0.15, 0.2) is 0 Å². The number of anilines is 3. The number of carbonyl (C=O) groups is 3. The van der Waals surface area contributed by atoms with Crippen LogP contribution in [-0.2, 0) is 9.59 Å². The molecule has 0 aromatic heterocycles. The van der Waals surface area contributed by atoms with E-state index in [0.717, 1.165) is 21.7 Å². The fraction of sp³-hybridized carbons (Fsp3) is 0.207. The molecule has 1 N–H and O–H groups in total. The van der Waals surface area contributed by atoms with Crippen LogP contribution in [0.2, 0.25) is 0 Å². The molecule has 1 aliphatic heterocycles. The lowest BCUT2D eigenvalue weighted by atomic mass is 10.0. The van der Waals surface area contributed by atoms with Gasteiger partial charge in [-0.15, -0.1) is 0 Å². The van der Waals surface area contributed by atoms with E-state index in [2.05, 4.69) is 19.2 Å². The molecule has 6 nitrogen and oxygen atoms in total. The highest BCUT2D eigenvalue weighted by molar-refractivity contribution is 6.53. The van der Waals surface area contributed by atoms with E-state index in [1.165, 1.54) is 0 Å². The number of amides is 3. The standard InChI is InChI=1S/C29H28ClN3O3/c1-5-32(24-8-6-7-19(4)17-24)27(34)21-9-13-22(14-10-21)31-26-25(30)28(35)33(29(26)36)23-15-11-20(12-16-23)18(2)3/h6-18,31H,5H2,1-4H3. The number of halogens is 1. The molecule has 4 rings (SSSR count). The Labute approximate surface area is 216 Å². The van der Waals surface area contributed by atoms with Gasteiger partial charge in [-0.05, 0) is 79.4 Å². The summed E-state index contributed by atoms with van der Waals surface area (Å²) in [5.41, 5.74) is 4.52. The Bertz CT molecular complexity index is 1340. The highest BCUT2D eigenvalue weighted by atomic mass is 35.5. The summed E-state index contributed by atoms with van der Waals surface area (Å²) in [5.74, 6) is -0.905. The second-order valence-corrected chi connectivity index (χ2v) is 9.35. The third-order valence-corrected chi connectivity index (χ3v) is 6.47. The van der Waals surface area contributed by atoms with Crippen LogP contribution in [0.1, 0.15) is 48.2 Å². The summed E-state index contributed by atoms with van der Waals surface area (Å²) in [6.45, 7) is 8.58. The first-order valence-corrected chi connectivity index (χ1v) is 12.2. The number of nitrogens with zero attached hydrogens (tertiary/aromatic N) is 2. The molecule has 0 spiro atoms. The third kappa shape index (κ3) is 4.90. The molecular formula is C29H28ClN3O3. The Hall–Kier alpha value is -3.90. The van der Waals surface area contributed by atoms with Crippen LogP contribution in [0.4, 0.5) is 17.1 Å². The van der Waals surface area contributed by atoms with E-state index in [1.54, 1.807) is 41.3 Å². The molecule has 0 fully saturated rings. The van der Waals surface area contributed by atoms with Gasteiger partial charge >= 0.3 is 0 Å². The Morgan fingerprint density at radius 1 is 0.972 bits per heavy atom. The molecular weight excluding hydrogens is 474 g/mol. The number of hydrogen-bond donors (Lipinski definition) is 1. The van der Waals surface area contributed by atoms with Gasteiger partial charge in [0.25, 0.3) is 17.7 Å². The van der Waals surface area contributed by atoms with Gasteiger partial charge in [0.05, 0.1) is 5.69 Å². The third-order valence-electron chi connectivity index (χ3n) is 6.12. The summed E-state index contributed by atoms with van der Waals surface area (Å²) in [6.07, 6.45) is 0. The van der Waals surface area contributed by atoms with E-state index in [1.807, 2.05) is 50.2 Å². The fourth-order valence-corrected chi connectivity index (χ4v) is 4.30. The van der Waals surface area contributed by atoms with Crippen molar-refractivity contribution in [2.45, 2.75) is 33.6 Å². The monoisotopic (exact) mass is 501 g/mol. The molecule has 3 aromatic carbocycles. The van der Waals surface area contributed by atoms with Gasteiger partial charge in [-0.3, -0.25) is 14.4 Å². The van der Waals surface area contributed by atoms with E-state index in [9.17, 15) is 14.4 Å². The topological polar surface area (TPSA) is 69.7 Å². The SMILES string of the molecule is CCN(C(=O)c1ccc(NC2=C(Cl)C(=O)N(c3ccc(C(C)C)cc3)C2=O)cc1)c1cccc(C)c1. The highest BCUT2D eigenvalue weighted by Gasteiger charge is 2.39. The van der Waals surface area contributed by atoms with Gasteiger partial charge in [-0.25, -0.2) is 4.90 Å². The van der Waals surface area contributed by atoms with Gasteiger partial charge in [0, 0.05) is 23.5 Å². The number of hydrogen-bond acceptors (Lipinski definition) is 4. The summed E-state index contributed by atoms with van der Waals surface area (Å²) in [7, 11) is 0. The van der Waals surface area contributed by atoms with Crippen molar-refractivity contribution in [3.8, 4) is 0 Å². The lowest BCUT2D eigenvalue weighted by Crippen LogP contribution is -2.32. The first-order chi connectivity index (χ1) is 17.2. The van der Waals surface area contributed by atoms with Crippen molar-refractivity contribution in [2.75, 3.05) is 21.7 Å². The molecule has 0 radical (unpaired) electrons. The summed E-state index contributed by atoms with van der Waals surface area (Å²) < 4.78 is 0. The van der Waals surface area contributed by atoms with Crippen LogP contribution in [0.15, 0.2) is 83.5 Å². The highest BCUT2D eigenvalue weighted by Crippen LogP contribution is 2.31. The average Bonchev–Trinajstić information content (AvgIpc) is 3.08. The molecule has 0 unspecified atom stereocenters. The predicted octanol–water partition coefficient (Wildman–Crippen LogP) is 6.22. The number of imide groups is 1. The molecule has 184 valence electrons. The predicted molar refractivity (Wildman–Crippen MR) is 144 cm³/mol. The Morgan fingerprint density at radius 3 is 2.22 bits per heavy atom. The number of carbonyl (C=O) groups excluding carboxylic acids is 3. The van der Waals surface area contributed by atoms with E-state index >= 15 is 0 Å². The number of aryl methyl sites for hydroxylation is 1. The smallest absolute Gasteiger partial charge is 0.283 e. The van der Waals surface area contributed by atoms with Gasteiger partial charge in [0.2, 0.25) is 0 Å². The van der Waals surface area contributed by atoms with Crippen molar-refractivity contribution in [3.63, 3.8) is 0 Å². The normalized spacial score (nSPS) is 13.6. The lowest BCUT2D eigenvalue weighted by Gasteiger charge is -2.21. The van der Waals surface area contributed by atoms with E-state index in [0.29, 0.717) is 29.4 Å². The van der Waals surface area contributed by atoms with E-state index in [-0.39, 0.29) is 16.6 Å². The van der Waals surface area contributed by atoms with Gasteiger partial charge in [-0.2, -0.15) is 0 Å². The maximum atomic E-state index is 13.1. The molecule has 1 aliphatic rings. The Balaban J connectivity index is 1.51. The van der Waals surface area contributed by atoms with Crippen LogP contribution < -0.4 is 15.1 Å². The summed E-state index contributed by atoms with van der Waals surface area (Å²) >= 11 is 6.27. The van der Waals surface area contributed by atoms with Crippen LogP contribution in [0.25, 0.3) is 0 Å². The second-order valence-electron chi connectivity index (χ2n) is 8.97. The molecule has 0 saturated heterocycles.